The molecule has 0 saturated heterocycles. The standard InChI is InChI=1S/C11H17N3O/c1-4-6-8-9(7-5-2)13-11(12)14-10(8)15-3/h4H,1,5-7H2,2-3H3,(H2,12,13,14). The van der Waals surface area contributed by atoms with Crippen molar-refractivity contribution in [3.63, 3.8) is 0 Å². The van der Waals surface area contributed by atoms with E-state index in [2.05, 4.69) is 23.5 Å². The second-order valence-corrected chi connectivity index (χ2v) is 3.26. The van der Waals surface area contributed by atoms with Crippen LogP contribution >= 0.6 is 0 Å². The summed E-state index contributed by atoms with van der Waals surface area (Å²) in [6.07, 6.45) is 4.42. The number of hydrogen-bond acceptors (Lipinski definition) is 4. The van der Waals surface area contributed by atoms with E-state index in [-0.39, 0.29) is 5.95 Å². The quantitative estimate of drug-likeness (QED) is 0.747. The zero-order valence-electron chi connectivity index (χ0n) is 9.29. The second-order valence-electron chi connectivity index (χ2n) is 3.26. The van der Waals surface area contributed by atoms with E-state index in [1.165, 1.54) is 0 Å². The maximum atomic E-state index is 5.60. The summed E-state index contributed by atoms with van der Waals surface area (Å²) in [6, 6.07) is 0. The molecule has 4 heteroatoms. The van der Waals surface area contributed by atoms with Gasteiger partial charge in [0.2, 0.25) is 11.8 Å². The number of nitrogens with zero attached hydrogens (tertiary/aromatic N) is 2. The van der Waals surface area contributed by atoms with Gasteiger partial charge in [-0.25, -0.2) is 4.98 Å². The molecule has 0 amide bonds. The largest absolute Gasteiger partial charge is 0.481 e. The number of rotatable bonds is 5. The normalized spacial score (nSPS) is 10.0. The Kier molecular flexibility index (Phi) is 4.09. The lowest BCUT2D eigenvalue weighted by Gasteiger charge is -2.10. The summed E-state index contributed by atoms with van der Waals surface area (Å²) < 4.78 is 5.19. The smallest absolute Gasteiger partial charge is 0.223 e. The first-order chi connectivity index (χ1) is 7.22. The van der Waals surface area contributed by atoms with Crippen molar-refractivity contribution in [3.05, 3.63) is 23.9 Å². The van der Waals surface area contributed by atoms with Gasteiger partial charge >= 0.3 is 0 Å². The summed E-state index contributed by atoms with van der Waals surface area (Å²) in [7, 11) is 1.59. The van der Waals surface area contributed by atoms with Gasteiger partial charge in [-0.05, 0) is 12.8 Å². The van der Waals surface area contributed by atoms with Crippen molar-refractivity contribution < 1.29 is 4.74 Å². The van der Waals surface area contributed by atoms with Crippen LogP contribution in [0.3, 0.4) is 0 Å². The summed E-state index contributed by atoms with van der Waals surface area (Å²) in [5.41, 5.74) is 7.55. The van der Waals surface area contributed by atoms with E-state index < -0.39 is 0 Å². The fraction of sp³-hybridized carbons (Fsp3) is 0.455. The van der Waals surface area contributed by atoms with Gasteiger partial charge in [-0.1, -0.05) is 19.4 Å². The molecule has 0 atom stereocenters. The highest BCUT2D eigenvalue weighted by Gasteiger charge is 2.11. The molecule has 1 aromatic heterocycles. The lowest BCUT2D eigenvalue weighted by atomic mass is 10.1. The van der Waals surface area contributed by atoms with Crippen LogP contribution in [0.4, 0.5) is 5.95 Å². The molecule has 0 aliphatic carbocycles. The molecule has 0 aliphatic heterocycles. The van der Waals surface area contributed by atoms with E-state index in [1.54, 1.807) is 7.11 Å². The van der Waals surface area contributed by atoms with Crippen LogP contribution < -0.4 is 10.5 Å². The van der Waals surface area contributed by atoms with Gasteiger partial charge in [0.05, 0.1) is 12.8 Å². The van der Waals surface area contributed by atoms with Gasteiger partial charge in [0.15, 0.2) is 0 Å². The highest BCUT2D eigenvalue weighted by Crippen LogP contribution is 2.21. The SMILES string of the molecule is C=CCc1c(CCC)nc(N)nc1OC. The van der Waals surface area contributed by atoms with Gasteiger partial charge < -0.3 is 10.5 Å². The summed E-state index contributed by atoms with van der Waals surface area (Å²) in [5.74, 6) is 0.828. The van der Waals surface area contributed by atoms with Crippen molar-refractivity contribution >= 4 is 5.95 Å². The first-order valence-electron chi connectivity index (χ1n) is 5.03. The molecule has 0 aliphatic rings. The Balaban J connectivity index is 3.19. The van der Waals surface area contributed by atoms with Crippen LogP contribution in [-0.4, -0.2) is 17.1 Å². The maximum Gasteiger partial charge on any atom is 0.223 e. The number of ether oxygens (including phenoxy) is 1. The molecule has 1 aromatic rings. The molecule has 0 unspecified atom stereocenters. The zero-order valence-corrected chi connectivity index (χ0v) is 9.29. The van der Waals surface area contributed by atoms with Crippen molar-refractivity contribution in [1.29, 1.82) is 0 Å². The van der Waals surface area contributed by atoms with E-state index in [0.717, 1.165) is 24.1 Å². The average molecular weight is 207 g/mol. The predicted molar refractivity (Wildman–Crippen MR) is 60.9 cm³/mol. The number of nitrogen functional groups attached to an aromatic ring is 1. The molecule has 1 heterocycles. The molecule has 0 fully saturated rings. The number of anilines is 1. The monoisotopic (exact) mass is 207 g/mol. The number of nitrogens with two attached hydrogens (primary N) is 1. The summed E-state index contributed by atoms with van der Waals surface area (Å²) >= 11 is 0. The van der Waals surface area contributed by atoms with Crippen molar-refractivity contribution in [3.8, 4) is 5.88 Å². The first kappa shape index (κ1) is 11.5. The molecule has 0 aromatic carbocycles. The Labute approximate surface area is 90.2 Å². The van der Waals surface area contributed by atoms with Crippen molar-refractivity contribution in [2.24, 2.45) is 0 Å². The topological polar surface area (TPSA) is 61.0 Å². The molecule has 0 spiro atoms. The van der Waals surface area contributed by atoms with Crippen LogP contribution in [0.15, 0.2) is 12.7 Å². The van der Waals surface area contributed by atoms with E-state index in [9.17, 15) is 0 Å². The molecular formula is C11H17N3O. The minimum atomic E-state index is 0.267. The van der Waals surface area contributed by atoms with Crippen molar-refractivity contribution in [2.45, 2.75) is 26.2 Å². The number of allylic oxidation sites excluding steroid dienone is 1. The maximum absolute atomic E-state index is 5.60. The van der Waals surface area contributed by atoms with E-state index in [1.807, 2.05) is 6.08 Å². The molecule has 0 saturated carbocycles. The third-order valence-corrected chi connectivity index (χ3v) is 2.10. The van der Waals surface area contributed by atoms with Crippen LogP contribution in [0.2, 0.25) is 0 Å². The highest BCUT2D eigenvalue weighted by molar-refractivity contribution is 5.37. The lowest BCUT2D eigenvalue weighted by Crippen LogP contribution is -2.07. The van der Waals surface area contributed by atoms with Gasteiger partial charge in [-0.15, -0.1) is 6.58 Å². The van der Waals surface area contributed by atoms with Crippen molar-refractivity contribution in [1.82, 2.24) is 9.97 Å². The third-order valence-electron chi connectivity index (χ3n) is 2.10. The van der Waals surface area contributed by atoms with Gasteiger partial charge in [0.25, 0.3) is 0 Å². The van der Waals surface area contributed by atoms with Gasteiger partial charge in [-0.2, -0.15) is 4.98 Å². The summed E-state index contributed by atoms with van der Waals surface area (Å²) in [4.78, 5) is 8.28. The minimum Gasteiger partial charge on any atom is -0.481 e. The Morgan fingerprint density at radius 1 is 1.47 bits per heavy atom. The van der Waals surface area contributed by atoms with Crippen LogP contribution in [0.25, 0.3) is 0 Å². The van der Waals surface area contributed by atoms with Gasteiger partial charge in [-0.3, -0.25) is 0 Å². The Hall–Kier alpha value is -1.58. The van der Waals surface area contributed by atoms with E-state index in [0.29, 0.717) is 12.3 Å². The van der Waals surface area contributed by atoms with Crippen LogP contribution in [-0.2, 0) is 12.8 Å². The van der Waals surface area contributed by atoms with Crippen LogP contribution in [0, 0.1) is 0 Å². The molecule has 82 valence electrons. The molecule has 0 bridgehead atoms. The summed E-state index contributed by atoms with van der Waals surface area (Å²) in [5, 5.41) is 0. The number of hydrogen-bond donors (Lipinski definition) is 1. The molecule has 2 N–H and O–H groups in total. The summed E-state index contributed by atoms with van der Waals surface area (Å²) in [6.45, 7) is 5.81. The Bertz CT molecular complexity index is 350. The number of methoxy groups -OCH3 is 1. The zero-order chi connectivity index (χ0) is 11.3. The lowest BCUT2D eigenvalue weighted by molar-refractivity contribution is 0.392. The minimum absolute atomic E-state index is 0.267. The van der Waals surface area contributed by atoms with Gasteiger partial charge in [0, 0.05) is 5.56 Å². The molecule has 0 radical (unpaired) electrons. The molecular weight excluding hydrogens is 190 g/mol. The van der Waals surface area contributed by atoms with Crippen LogP contribution in [0.5, 0.6) is 5.88 Å². The third kappa shape index (κ3) is 2.68. The van der Waals surface area contributed by atoms with Crippen LogP contribution in [0.1, 0.15) is 24.6 Å². The average Bonchev–Trinajstić information content (AvgIpc) is 2.22. The predicted octanol–water partition coefficient (Wildman–Crippen LogP) is 1.75. The van der Waals surface area contributed by atoms with E-state index in [4.69, 9.17) is 10.5 Å². The Morgan fingerprint density at radius 3 is 2.73 bits per heavy atom. The van der Waals surface area contributed by atoms with Gasteiger partial charge in [0.1, 0.15) is 0 Å². The molecule has 4 nitrogen and oxygen atoms in total. The fourth-order valence-electron chi connectivity index (χ4n) is 1.49. The number of aromatic nitrogens is 2. The van der Waals surface area contributed by atoms with E-state index >= 15 is 0 Å². The molecule has 1 rings (SSSR count). The number of aryl methyl sites for hydroxylation is 1. The first-order valence-corrected chi connectivity index (χ1v) is 5.03. The fourth-order valence-corrected chi connectivity index (χ4v) is 1.49. The Morgan fingerprint density at radius 2 is 2.20 bits per heavy atom. The highest BCUT2D eigenvalue weighted by atomic mass is 16.5. The second kappa shape index (κ2) is 5.34. The molecule has 15 heavy (non-hydrogen) atoms. The van der Waals surface area contributed by atoms with Crippen molar-refractivity contribution in [2.75, 3.05) is 12.8 Å².